The van der Waals surface area contributed by atoms with Gasteiger partial charge in [-0.05, 0) is 49.2 Å². The van der Waals surface area contributed by atoms with Gasteiger partial charge < -0.3 is 14.8 Å². The van der Waals surface area contributed by atoms with Crippen molar-refractivity contribution in [1.82, 2.24) is 4.90 Å². The molecule has 4 rings (SSSR count). The normalized spacial score (nSPS) is 19.5. The van der Waals surface area contributed by atoms with Crippen LogP contribution in [0.2, 0.25) is 0 Å². The molecular formula is C21H23BrN2O3. The lowest BCUT2D eigenvalue weighted by atomic mass is 9.96. The van der Waals surface area contributed by atoms with Crippen LogP contribution in [0.3, 0.4) is 0 Å². The number of carbonyl (C=O) groups is 1. The van der Waals surface area contributed by atoms with E-state index in [0.717, 1.165) is 59.7 Å². The molecule has 27 heavy (non-hydrogen) atoms. The molecule has 5 nitrogen and oxygen atoms in total. The number of nitrogens with one attached hydrogen (secondary N) is 1. The zero-order chi connectivity index (χ0) is 18.6. The first-order valence-corrected chi connectivity index (χ1v) is 10.1. The summed E-state index contributed by atoms with van der Waals surface area (Å²) in [5, 5.41) is 3.04. The molecule has 1 saturated heterocycles. The van der Waals surface area contributed by atoms with Gasteiger partial charge in [0.2, 0.25) is 5.91 Å². The number of likely N-dealkylation sites (tertiary alicyclic amines) is 1. The van der Waals surface area contributed by atoms with Crippen LogP contribution < -0.4 is 14.8 Å². The molecule has 0 aromatic heterocycles. The predicted molar refractivity (Wildman–Crippen MR) is 108 cm³/mol. The van der Waals surface area contributed by atoms with Crippen molar-refractivity contribution in [3.05, 3.63) is 52.5 Å². The molecule has 142 valence electrons. The Labute approximate surface area is 167 Å². The Morgan fingerprint density at radius 2 is 1.89 bits per heavy atom. The Balaban J connectivity index is 1.40. The minimum absolute atomic E-state index is 0.00921. The van der Waals surface area contributed by atoms with Crippen molar-refractivity contribution in [2.45, 2.75) is 19.4 Å². The molecule has 0 spiro atoms. The van der Waals surface area contributed by atoms with Crippen LogP contribution in [0.5, 0.6) is 11.5 Å². The first-order valence-electron chi connectivity index (χ1n) is 9.35. The molecule has 0 aliphatic carbocycles. The molecule has 0 radical (unpaired) electrons. The number of benzene rings is 2. The largest absolute Gasteiger partial charge is 0.486 e. The van der Waals surface area contributed by atoms with Gasteiger partial charge >= 0.3 is 0 Å². The predicted octanol–water partition coefficient (Wildman–Crippen LogP) is 4.07. The van der Waals surface area contributed by atoms with Crippen LogP contribution in [0.15, 0.2) is 46.9 Å². The van der Waals surface area contributed by atoms with Crippen LogP contribution in [0, 0.1) is 5.92 Å². The molecule has 1 atom stereocenters. The average molecular weight is 431 g/mol. The first-order chi connectivity index (χ1) is 13.2. The smallest absolute Gasteiger partial charge is 0.228 e. The fourth-order valence-electron chi connectivity index (χ4n) is 3.65. The zero-order valence-corrected chi connectivity index (χ0v) is 16.7. The van der Waals surface area contributed by atoms with E-state index in [9.17, 15) is 4.79 Å². The summed E-state index contributed by atoms with van der Waals surface area (Å²) in [6.07, 6.45) is 1.95. The fraction of sp³-hybridized carbons (Fsp3) is 0.381. The highest BCUT2D eigenvalue weighted by Crippen LogP contribution is 2.36. The summed E-state index contributed by atoms with van der Waals surface area (Å²) in [6, 6.07) is 13.7. The minimum Gasteiger partial charge on any atom is -0.486 e. The highest BCUT2D eigenvalue weighted by atomic mass is 79.9. The maximum absolute atomic E-state index is 12.6. The van der Waals surface area contributed by atoms with Crippen LogP contribution in [0.4, 0.5) is 5.69 Å². The monoisotopic (exact) mass is 430 g/mol. The number of nitrogens with zero attached hydrogens (tertiary/aromatic N) is 1. The van der Waals surface area contributed by atoms with Gasteiger partial charge in [0.05, 0.1) is 5.92 Å². The maximum atomic E-state index is 12.6. The van der Waals surface area contributed by atoms with Crippen molar-refractivity contribution in [3.63, 3.8) is 0 Å². The highest BCUT2D eigenvalue weighted by Gasteiger charge is 2.26. The molecule has 2 aromatic rings. The van der Waals surface area contributed by atoms with Crippen molar-refractivity contribution in [3.8, 4) is 11.5 Å². The van der Waals surface area contributed by atoms with Gasteiger partial charge in [-0.1, -0.05) is 34.1 Å². The van der Waals surface area contributed by atoms with E-state index in [0.29, 0.717) is 13.2 Å². The number of rotatable bonds is 4. The van der Waals surface area contributed by atoms with E-state index in [1.54, 1.807) is 0 Å². The van der Waals surface area contributed by atoms with E-state index in [2.05, 4.69) is 26.1 Å². The molecule has 1 fully saturated rings. The van der Waals surface area contributed by atoms with Crippen molar-refractivity contribution < 1.29 is 14.3 Å². The lowest BCUT2D eigenvalue weighted by Crippen LogP contribution is -2.40. The number of carbonyl (C=O) groups excluding carboxylic acids is 1. The maximum Gasteiger partial charge on any atom is 0.228 e. The average Bonchev–Trinajstić information content (AvgIpc) is 2.69. The van der Waals surface area contributed by atoms with E-state index < -0.39 is 0 Å². The molecule has 1 unspecified atom stereocenters. The standard InChI is InChI=1S/C21H23BrN2O3/c22-18-12-20-19(26-9-10-27-20)11-16(18)14-24-8-4-5-15(13-24)21(25)23-17-6-2-1-3-7-17/h1-3,6-7,11-12,15H,4-5,8-10,13-14H2,(H,23,25). The van der Waals surface area contributed by atoms with Gasteiger partial charge in [-0.25, -0.2) is 0 Å². The van der Waals surface area contributed by atoms with Gasteiger partial charge in [0.25, 0.3) is 0 Å². The van der Waals surface area contributed by atoms with Gasteiger partial charge in [0.1, 0.15) is 13.2 Å². The minimum atomic E-state index is 0.00921. The highest BCUT2D eigenvalue weighted by molar-refractivity contribution is 9.10. The van der Waals surface area contributed by atoms with Crippen molar-refractivity contribution in [2.75, 3.05) is 31.6 Å². The number of hydrogen-bond donors (Lipinski definition) is 1. The third-order valence-corrected chi connectivity index (χ3v) is 5.76. The number of halogens is 1. The van der Waals surface area contributed by atoms with Crippen LogP contribution in [0.25, 0.3) is 0 Å². The van der Waals surface area contributed by atoms with E-state index >= 15 is 0 Å². The molecule has 1 amide bonds. The number of piperidine rings is 1. The molecular weight excluding hydrogens is 408 g/mol. The van der Waals surface area contributed by atoms with Gasteiger partial charge in [0.15, 0.2) is 11.5 Å². The number of anilines is 1. The molecule has 1 N–H and O–H groups in total. The summed E-state index contributed by atoms with van der Waals surface area (Å²) >= 11 is 3.65. The molecule has 2 aromatic carbocycles. The second-order valence-corrected chi connectivity index (χ2v) is 7.87. The quantitative estimate of drug-likeness (QED) is 0.793. The molecule has 2 aliphatic heterocycles. The number of fused-ring (bicyclic) bond motifs is 1. The molecule has 2 heterocycles. The van der Waals surface area contributed by atoms with Crippen LogP contribution in [-0.2, 0) is 11.3 Å². The Hall–Kier alpha value is -2.05. The number of hydrogen-bond acceptors (Lipinski definition) is 4. The summed E-state index contributed by atoms with van der Waals surface area (Å²) in [6.45, 7) is 3.71. The summed E-state index contributed by atoms with van der Waals surface area (Å²) in [5.74, 6) is 1.70. The molecule has 0 saturated carbocycles. The van der Waals surface area contributed by atoms with Crippen molar-refractivity contribution in [1.29, 1.82) is 0 Å². The summed E-state index contributed by atoms with van der Waals surface area (Å²) in [5.41, 5.74) is 2.01. The van der Waals surface area contributed by atoms with E-state index in [1.165, 1.54) is 0 Å². The number of amides is 1. The SMILES string of the molecule is O=C(Nc1ccccc1)C1CCCN(Cc2cc3c(cc2Br)OCCO3)C1. The molecule has 6 heteroatoms. The Kier molecular flexibility index (Phi) is 5.64. The molecule has 2 aliphatic rings. The Bertz CT molecular complexity index is 813. The van der Waals surface area contributed by atoms with Gasteiger partial charge in [-0.3, -0.25) is 9.69 Å². The lowest BCUT2D eigenvalue weighted by molar-refractivity contribution is -0.121. The van der Waals surface area contributed by atoms with Gasteiger partial charge in [-0.15, -0.1) is 0 Å². The Morgan fingerprint density at radius 1 is 1.15 bits per heavy atom. The van der Waals surface area contributed by atoms with E-state index in [-0.39, 0.29) is 11.8 Å². The fourth-order valence-corrected chi connectivity index (χ4v) is 4.09. The first kappa shape index (κ1) is 18.3. The van der Waals surface area contributed by atoms with E-state index in [1.807, 2.05) is 42.5 Å². The second-order valence-electron chi connectivity index (χ2n) is 7.02. The van der Waals surface area contributed by atoms with Crippen LogP contribution in [0.1, 0.15) is 18.4 Å². The van der Waals surface area contributed by atoms with Crippen molar-refractivity contribution in [2.24, 2.45) is 5.92 Å². The number of para-hydroxylation sites is 1. The third-order valence-electron chi connectivity index (χ3n) is 5.02. The summed E-state index contributed by atoms with van der Waals surface area (Å²) in [4.78, 5) is 15.0. The van der Waals surface area contributed by atoms with Crippen molar-refractivity contribution >= 4 is 27.5 Å². The topological polar surface area (TPSA) is 50.8 Å². The molecule has 0 bridgehead atoms. The van der Waals surface area contributed by atoms with E-state index in [4.69, 9.17) is 9.47 Å². The van der Waals surface area contributed by atoms with Crippen LogP contribution >= 0.6 is 15.9 Å². The van der Waals surface area contributed by atoms with Gasteiger partial charge in [0, 0.05) is 23.2 Å². The summed E-state index contributed by atoms with van der Waals surface area (Å²) in [7, 11) is 0. The Morgan fingerprint density at radius 3 is 2.67 bits per heavy atom. The zero-order valence-electron chi connectivity index (χ0n) is 15.1. The van der Waals surface area contributed by atoms with Crippen LogP contribution in [-0.4, -0.2) is 37.1 Å². The second kappa shape index (κ2) is 8.31. The van der Waals surface area contributed by atoms with Gasteiger partial charge in [-0.2, -0.15) is 0 Å². The third kappa shape index (κ3) is 4.45. The summed E-state index contributed by atoms with van der Waals surface area (Å²) < 4.78 is 12.4. The number of ether oxygens (including phenoxy) is 2. The lowest BCUT2D eigenvalue weighted by Gasteiger charge is -2.32.